The van der Waals surface area contributed by atoms with E-state index in [9.17, 15) is 9.59 Å². The molecule has 0 bridgehead atoms. The molecule has 0 aromatic rings. The Kier molecular flexibility index (Phi) is 5.91. The maximum Gasteiger partial charge on any atom is 0.410 e. The number of carbonyl (C=O) groups is 2. The number of allylic oxidation sites excluding steroid dienone is 3. The molecule has 1 amide bonds. The number of amides is 1. The third-order valence-electron chi connectivity index (χ3n) is 2.75. The maximum atomic E-state index is 11.7. The molecule has 1 heterocycles. The van der Waals surface area contributed by atoms with Crippen molar-refractivity contribution in [2.24, 2.45) is 5.92 Å². The van der Waals surface area contributed by atoms with E-state index < -0.39 is 0 Å². The SMILES string of the molecule is C=C/C=C(\C=C/C)COC(=O)N1CCC(C=O)C1. The van der Waals surface area contributed by atoms with E-state index in [2.05, 4.69) is 6.58 Å². The summed E-state index contributed by atoms with van der Waals surface area (Å²) in [6.07, 6.45) is 8.46. The van der Waals surface area contributed by atoms with Crippen LogP contribution in [0.2, 0.25) is 0 Å². The molecule has 0 N–H and O–H groups in total. The number of hydrogen-bond acceptors (Lipinski definition) is 3. The minimum absolute atomic E-state index is 0.0451. The number of aldehydes is 1. The van der Waals surface area contributed by atoms with Crippen molar-refractivity contribution in [3.8, 4) is 0 Å². The van der Waals surface area contributed by atoms with E-state index >= 15 is 0 Å². The molecule has 0 spiro atoms. The normalized spacial score (nSPS) is 20.2. The van der Waals surface area contributed by atoms with Gasteiger partial charge in [0.15, 0.2) is 0 Å². The number of carbonyl (C=O) groups excluding carboxylic acids is 2. The van der Waals surface area contributed by atoms with Gasteiger partial charge in [0, 0.05) is 19.0 Å². The van der Waals surface area contributed by atoms with Crippen LogP contribution >= 0.6 is 0 Å². The van der Waals surface area contributed by atoms with E-state index in [1.165, 1.54) is 0 Å². The van der Waals surface area contributed by atoms with Crippen molar-refractivity contribution in [3.05, 3.63) is 36.5 Å². The van der Waals surface area contributed by atoms with E-state index in [1.807, 2.05) is 19.1 Å². The van der Waals surface area contributed by atoms with Crippen LogP contribution in [0.5, 0.6) is 0 Å². The van der Waals surface area contributed by atoms with Crippen LogP contribution in [0.4, 0.5) is 4.79 Å². The second kappa shape index (κ2) is 7.48. The fourth-order valence-electron chi connectivity index (χ4n) is 1.82. The van der Waals surface area contributed by atoms with Crippen LogP contribution in [0.3, 0.4) is 0 Å². The summed E-state index contributed by atoms with van der Waals surface area (Å²) in [6.45, 7) is 6.78. The van der Waals surface area contributed by atoms with Crippen LogP contribution in [-0.2, 0) is 9.53 Å². The summed E-state index contributed by atoms with van der Waals surface area (Å²) >= 11 is 0. The van der Waals surface area contributed by atoms with Gasteiger partial charge < -0.3 is 14.4 Å². The number of ether oxygens (including phenoxy) is 1. The van der Waals surface area contributed by atoms with Crippen molar-refractivity contribution < 1.29 is 14.3 Å². The molecule has 98 valence electrons. The van der Waals surface area contributed by atoms with Crippen LogP contribution in [0.15, 0.2) is 36.5 Å². The van der Waals surface area contributed by atoms with Crippen molar-refractivity contribution >= 4 is 12.4 Å². The molecular formula is C14H19NO3. The van der Waals surface area contributed by atoms with Gasteiger partial charge in [0.2, 0.25) is 0 Å². The van der Waals surface area contributed by atoms with E-state index in [0.717, 1.165) is 18.3 Å². The highest BCUT2D eigenvalue weighted by molar-refractivity contribution is 5.69. The van der Waals surface area contributed by atoms with Crippen LogP contribution in [-0.4, -0.2) is 37.0 Å². The molecule has 4 nitrogen and oxygen atoms in total. The van der Waals surface area contributed by atoms with Crippen LogP contribution < -0.4 is 0 Å². The van der Waals surface area contributed by atoms with Crippen molar-refractivity contribution in [2.45, 2.75) is 13.3 Å². The lowest BCUT2D eigenvalue weighted by molar-refractivity contribution is -0.110. The zero-order valence-corrected chi connectivity index (χ0v) is 10.7. The molecule has 1 aliphatic heterocycles. The summed E-state index contributed by atoms with van der Waals surface area (Å²) in [4.78, 5) is 23.9. The van der Waals surface area contributed by atoms with Crippen LogP contribution in [0.25, 0.3) is 0 Å². The van der Waals surface area contributed by atoms with Crippen molar-refractivity contribution in [1.29, 1.82) is 0 Å². The molecule has 1 aliphatic rings. The third-order valence-corrected chi connectivity index (χ3v) is 2.75. The molecular weight excluding hydrogens is 230 g/mol. The third kappa shape index (κ3) is 4.20. The fraction of sp³-hybridized carbons (Fsp3) is 0.429. The summed E-state index contributed by atoms with van der Waals surface area (Å²) in [5.74, 6) is -0.0451. The van der Waals surface area contributed by atoms with Gasteiger partial charge in [-0.25, -0.2) is 4.79 Å². The number of hydrogen-bond donors (Lipinski definition) is 0. The summed E-state index contributed by atoms with van der Waals surface area (Å²) in [5.41, 5.74) is 0.881. The van der Waals surface area contributed by atoms with Gasteiger partial charge in [0.1, 0.15) is 12.9 Å². The summed E-state index contributed by atoms with van der Waals surface area (Å²) < 4.78 is 5.19. The molecule has 18 heavy (non-hydrogen) atoms. The quantitative estimate of drug-likeness (QED) is 0.555. The number of likely N-dealkylation sites (tertiary alicyclic amines) is 1. The lowest BCUT2D eigenvalue weighted by atomic mass is 10.1. The molecule has 0 saturated carbocycles. The molecule has 1 fully saturated rings. The summed E-state index contributed by atoms with van der Waals surface area (Å²) in [6, 6.07) is 0. The first kappa shape index (κ1) is 14.2. The van der Waals surface area contributed by atoms with Crippen LogP contribution in [0, 0.1) is 5.92 Å². The second-order valence-electron chi connectivity index (χ2n) is 4.16. The van der Waals surface area contributed by atoms with Gasteiger partial charge in [-0.15, -0.1) is 0 Å². The molecule has 0 aliphatic carbocycles. The Bertz CT molecular complexity index is 371. The molecule has 4 heteroatoms. The Labute approximate surface area is 108 Å². The van der Waals surface area contributed by atoms with Gasteiger partial charge in [-0.05, 0) is 18.9 Å². The van der Waals surface area contributed by atoms with Crippen molar-refractivity contribution in [2.75, 3.05) is 19.7 Å². The van der Waals surface area contributed by atoms with Crippen molar-refractivity contribution in [1.82, 2.24) is 4.90 Å². The first-order valence-electron chi connectivity index (χ1n) is 6.02. The maximum absolute atomic E-state index is 11.7. The highest BCUT2D eigenvalue weighted by atomic mass is 16.6. The lowest BCUT2D eigenvalue weighted by Crippen LogP contribution is -2.30. The van der Waals surface area contributed by atoms with Crippen molar-refractivity contribution in [3.63, 3.8) is 0 Å². The van der Waals surface area contributed by atoms with Gasteiger partial charge in [0.05, 0.1) is 0 Å². The smallest absolute Gasteiger partial charge is 0.410 e. The summed E-state index contributed by atoms with van der Waals surface area (Å²) in [7, 11) is 0. The van der Waals surface area contributed by atoms with E-state index in [1.54, 1.807) is 17.1 Å². The van der Waals surface area contributed by atoms with E-state index in [-0.39, 0.29) is 18.6 Å². The Balaban J connectivity index is 2.43. The second-order valence-corrected chi connectivity index (χ2v) is 4.16. The number of rotatable bonds is 5. The fourth-order valence-corrected chi connectivity index (χ4v) is 1.82. The number of nitrogens with zero attached hydrogens (tertiary/aromatic N) is 1. The first-order chi connectivity index (χ1) is 8.71. The van der Waals surface area contributed by atoms with Gasteiger partial charge in [-0.1, -0.05) is 30.9 Å². The molecule has 0 aromatic heterocycles. The minimum Gasteiger partial charge on any atom is -0.445 e. The zero-order chi connectivity index (χ0) is 13.4. The van der Waals surface area contributed by atoms with E-state index in [4.69, 9.17) is 4.74 Å². The monoisotopic (exact) mass is 249 g/mol. The average molecular weight is 249 g/mol. The first-order valence-corrected chi connectivity index (χ1v) is 6.02. The molecule has 0 radical (unpaired) electrons. The molecule has 1 rings (SSSR count). The van der Waals surface area contributed by atoms with Crippen LogP contribution in [0.1, 0.15) is 13.3 Å². The summed E-state index contributed by atoms with van der Waals surface area (Å²) in [5, 5.41) is 0. The van der Waals surface area contributed by atoms with Gasteiger partial charge >= 0.3 is 6.09 Å². The Hall–Kier alpha value is -1.84. The molecule has 1 saturated heterocycles. The zero-order valence-electron chi connectivity index (χ0n) is 10.7. The Morgan fingerprint density at radius 1 is 1.56 bits per heavy atom. The minimum atomic E-state index is -0.362. The molecule has 1 atom stereocenters. The van der Waals surface area contributed by atoms with Gasteiger partial charge in [-0.3, -0.25) is 0 Å². The van der Waals surface area contributed by atoms with E-state index in [0.29, 0.717) is 13.1 Å². The lowest BCUT2D eigenvalue weighted by Gasteiger charge is -2.15. The Morgan fingerprint density at radius 2 is 2.33 bits per heavy atom. The largest absolute Gasteiger partial charge is 0.445 e. The Morgan fingerprint density at radius 3 is 2.89 bits per heavy atom. The van der Waals surface area contributed by atoms with Gasteiger partial charge in [-0.2, -0.15) is 0 Å². The predicted octanol–water partition coefficient (Wildman–Crippen LogP) is 2.33. The predicted molar refractivity (Wildman–Crippen MR) is 70.2 cm³/mol. The molecule has 0 aromatic carbocycles. The topological polar surface area (TPSA) is 46.6 Å². The standard InChI is InChI=1S/C14H19NO3/c1-3-5-12(6-4-2)11-18-14(17)15-8-7-13(9-15)10-16/h3-6,10,13H,1,7-9,11H2,2H3/b6-4-,12-5+. The average Bonchev–Trinajstić information content (AvgIpc) is 2.85. The highest BCUT2D eigenvalue weighted by Gasteiger charge is 2.26. The molecule has 1 unspecified atom stereocenters. The van der Waals surface area contributed by atoms with Gasteiger partial charge in [0.25, 0.3) is 0 Å². The highest BCUT2D eigenvalue weighted by Crippen LogP contribution is 2.15.